The van der Waals surface area contributed by atoms with E-state index in [0.717, 1.165) is 17.7 Å². The summed E-state index contributed by atoms with van der Waals surface area (Å²) in [4.78, 5) is 16.2. The van der Waals surface area contributed by atoms with Gasteiger partial charge in [0.25, 0.3) is 5.88 Å². The smallest absolute Gasteiger partial charge is 0.416 e. The number of nitrogens with zero attached hydrogens (tertiary/aromatic N) is 2. The number of hydrogen-bond donors (Lipinski definition) is 1. The van der Waals surface area contributed by atoms with Crippen molar-refractivity contribution in [2.24, 2.45) is 0 Å². The lowest BCUT2D eigenvalue weighted by molar-refractivity contribution is -0.191. The predicted molar refractivity (Wildman–Crippen MR) is 78.3 cm³/mol. The summed E-state index contributed by atoms with van der Waals surface area (Å²) in [5.41, 5.74) is 0.824. The van der Waals surface area contributed by atoms with Gasteiger partial charge in [0.1, 0.15) is 11.9 Å². The van der Waals surface area contributed by atoms with E-state index in [4.69, 9.17) is 14.3 Å². The third kappa shape index (κ3) is 5.02. The van der Waals surface area contributed by atoms with E-state index >= 15 is 0 Å². The van der Waals surface area contributed by atoms with Crippen molar-refractivity contribution in [2.45, 2.75) is 6.18 Å². The Labute approximate surface area is 139 Å². The number of alkyl halides is 3. The van der Waals surface area contributed by atoms with Crippen LogP contribution in [0.5, 0.6) is 11.6 Å². The van der Waals surface area contributed by atoms with Crippen LogP contribution in [0.1, 0.15) is 5.56 Å². The van der Waals surface area contributed by atoms with Gasteiger partial charge in [-0.05, 0) is 35.4 Å². The van der Waals surface area contributed by atoms with Gasteiger partial charge in [-0.3, -0.25) is 0 Å². The van der Waals surface area contributed by atoms with E-state index < -0.39 is 11.7 Å². The second kappa shape index (κ2) is 7.89. The van der Waals surface area contributed by atoms with Crippen LogP contribution < -0.4 is 4.74 Å². The SMILES string of the molecule is FC(F)(F)c1ccc(-c2ccc(Oc3cn[nH]n3)cc2)cc1.O=C=O. The molecule has 9 heteroatoms. The van der Waals surface area contributed by atoms with Crippen molar-refractivity contribution in [3.63, 3.8) is 0 Å². The standard InChI is InChI=1S/C15H10F3N3O.CO2/c16-15(17,18)12-5-1-10(2-6-12)11-3-7-13(8-4-11)22-14-9-19-21-20-14;2-1-3/h1-9H,(H,19,20,21);. The van der Waals surface area contributed by atoms with Crippen LogP contribution in [0.2, 0.25) is 0 Å². The molecule has 2 aromatic carbocycles. The van der Waals surface area contributed by atoms with Crippen molar-refractivity contribution >= 4 is 6.15 Å². The van der Waals surface area contributed by atoms with Gasteiger partial charge in [0, 0.05) is 0 Å². The number of aromatic nitrogens is 3. The van der Waals surface area contributed by atoms with Crippen molar-refractivity contribution in [3.8, 4) is 22.8 Å². The summed E-state index contributed by atoms with van der Waals surface area (Å²) in [7, 11) is 0. The summed E-state index contributed by atoms with van der Waals surface area (Å²) < 4.78 is 43.0. The minimum atomic E-state index is -4.33. The molecule has 0 aliphatic heterocycles. The van der Waals surface area contributed by atoms with Crippen molar-refractivity contribution in [2.75, 3.05) is 0 Å². The first kappa shape index (κ1) is 17.9. The third-order valence-corrected chi connectivity index (χ3v) is 3.02. The molecule has 1 heterocycles. The number of hydrogen-bond acceptors (Lipinski definition) is 5. The molecule has 0 unspecified atom stereocenters. The van der Waals surface area contributed by atoms with Crippen LogP contribution in [0, 0.1) is 0 Å². The highest BCUT2D eigenvalue weighted by Crippen LogP contribution is 2.31. The number of H-pyrrole nitrogens is 1. The number of rotatable bonds is 3. The van der Waals surface area contributed by atoms with Crippen molar-refractivity contribution in [1.82, 2.24) is 15.4 Å². The number of ether oxygens (including phenoxy) is 1. The van der Waals surface area contributed by atoms with Gasteiger partial charge in [-0.15, -0.1) is 5.10 Å². The molecular weight excluding hydrogens is 339 g/mol. The van der Waals surface area contributed by atoms with Gasteiger partial charge in [0.15, 0.2) is 0 Å². The molecule has 128 valence electrons. The van der Waals surface area contributed by atoms with Gasteiger partial charge < -0.3 is 4.74 Å². The van der Waals surface area contributed by atoms with Gasteiger partial charge >= 0.3 is 12.3 Å². The Morgan fingerprint density at radius 2 is 1.44 bits per heavy atom. The fourth-order valence-electron chi connectivity index (χ4n) is 1.93. The highest BCUT2D eigenvalue weighted by molar-refractivity contribution is 5.64. The molecule has 0 saturated heterocycles. The molecule has 1 N–H and O–H groups in total. The molecule has 0 atom stereocenters. The van der Waals surface area contributed by atoms with E-state index in [1.807, 2.05) is 0 Å². The van der Waals surface area contributed by atoms with E-state index in [0.29, 0.717) is 17.2 Å². The second-order valence-corrected chi connectivity index (χ2v) is 4.59. The van der Waals surface area contributed by atoms with Gasteiger partial charge in [0.2, 0.25) is 0 Å². The van der Waals surface area contributed by atoms with Crippen molar-refractivity contribution < 1.29 is 27.5 Å². The maximum atomic E-state index is 12.5. The highest BCUT2D eigenvalue weighted by atomic mass is 19.4. The van der Waals surface area contributed by atoms with Crippen LogP contribution >= 0.6 is 0 Å². The summed E-state index contributed by atoms with van der Waals surface area (Å²) in [5, 5.41) is 9.81. The van der Waals surface area contributed by atoms with Gasteiger partial charge in [-0.2, -0.15) is 33.1 Å². The first-order chi connectivity index (χ1) is 11.9. The van der Waals surface area contributed by atoms with Crippen LogP contribution in [0.15, 0.2) is 54.7 Å². The van der Waals surface area contributed by atoms with Crippen molar-refractivity contribution in [1.29, 1.82) is 0 Å². The molecule has 3 aromatic rings. The molecule has 0 saturated carbocycles. The van der Waals surface area contributed by atoms with E-state index in [-0.39, 0.29) is 6.15 Å². The molecule has 1 aromatic heterocycles. The van der Waals surface area contributed by atoms with Crippen LogP contribution in [0.25, 0.3) is 11.1 Å². The Morgan fingerprint density at radius 1 is 0.920 bits per heavy atom. The summed E-state index contributed by atoms with van der Waals surface area (Å²) in [6.45, 7) is 0. The molecule has 6 nitrogen and oxygen atoms in total. The third-order valence-electron chi connectivity index (χ3n) is 3.02. The number of aromatic amines is 1. The number of carbonyl (C=O) groups excluding carboxylic acids is 2. The van der Waals surface area contributed by atoms with Gasteiger partial charge in [-0.25, -0.2) is 0 Å². The molecule has 0 aliphatic rings. The minimum Gasteiger partial charge on any atom is -0.436 e. The lowest BCUT2D eigenvalue weighted by Gasteiger charge is -2.08. The summed E-state index contributed by atoms with van der Waals surface area (Å²) in [6.07, 6.45) is -2.64. The fraction of sp³-hybridized carbons (Fsp3) is 0.0625. The molecular formula is C16H10F3N3O3. The zero-order chi connectivity index (χ0) is 18.3. The average molecular weight is 349 g/mol. The van der Waals surface area contributed by atoms with E-state index in [1.165, 1.54) is 18.3 Å². The van der Waals surface area contributed by atoms with Crippen LogP contribution in [0.4, 0.5) is 13.2 Å². The average Bonchev–Trinajstić information content (AvgIpc) is 3.09. The molecule has 0 amide bonds. The van der Waals surface area contributed by atoms with Gasteiger partial charge in [0.05, 0.1) is 5.56 Å². The van der Waals surface area contributed by atoms with Crippen molar-refractivity contribution in [3.05, 3.63) is 60.3 Å². The first-order valence-corrected chi connectivity index (χ1v) is 6.74. The van der Waals surface area contributed by atoms with E-state index in [9.17, 15) is 13.2 Å². The normalized spacial score (nSPS) is 10.4. The molecule has 25 heavy (non-hydrogen) atoms. The van der Waals surface area contributed by atoms with Gasteiger partial charge in [-0.1, -0.05) is 24.3 Å². The number of halogens is 3. The molecule has 3 rings (SSSR count). The molecule has 0 spiro atoms. The lowest BCUT2D eigenvalue weighted by atomic mass is 10.0. The fourth-order valence-corrected chi connectivity index (χ4v) is 1.93. The Hall–Kier alpha value is -3.45. The highest BCUT2D eigenvalue weighted by Gasteiger charge is 2.29. The molecule has 0 aliphatic carbocycles. The maximum Gasteiger partial charge on any atom is 0.416 e. The van der Waals surface area contributed by atoms with Crippen LogP contribution in [0.3, 0.4) is 0 Å². The Kier molecular flexibility index (Phi) is 5.65. The molecule has 0 fully saturated rings. The van der Waals surface area contributed by atoms with Crippen LogP contribution in [-0.4, -0.2) is 21.6 Å². The Morgan fingerprint density at radius 3 is 1.88 bits per heavy atom. The monoisotopic (exact) mass is 349 g/mol. The minimum absolute atomic E-state index is 0.250. The summed E-state index contributed by atoms with van der Waals surface area (Å²) >= 11 is 0. The van der Waals surface area contributed by atoms with E-state index in [2.05, 4.69) is 15.4 Å². The summed E-state index contributed by atoms with van der Waals surface area (Å²) in [6, 6.07) is 12.0. The topological polar surface area (TPSA) is 84.9 Å². The quantitative estimate of drug-likeness (QED) is 0.779. The zero-order valence-electron chi connectivity index (χ0n) is 12.4. The first-order valence-electron chi connectivity index (χ1n) is 6.74. The molecule has 0 radical (unpaired) electrons. The summed E-state index contributed by atoms with van der Waals surface area (Å²) in [5.74, 6) is 0.895. The molecule has 0 bridgehead atoms. The second-order valence-electron chi connectivity index (χ2n) is 4.59. The Bertz CT molecular complexity index is 824. The predicted octanol–water partition coefficient (Wildman–Crippen LogP) is 3.70. The Balaban J connectivity index is 0.000000701. The number of benzene rings is 2. The number of nitrogens with one attached hydrogen (secondary N) is 1. The zero-order valence-corrected chi connectivity index (χ0v) is 12.4. The van der Waals surface area contributed by atoms with Crippen LogP contribution in [-0.2, 0) is 15.8 Å². The maximum absolute atomic E-state index is 12.5. The van der Waals surface area contributed by atoms with E-state index in [1.54, 1.807) is 24.3 Å². The largest absolute Gasteiger partial charge is 0.436 e. The lowest BCUT2D eigenvalue weighted by Crippen LogP contribution is -2.03.